The number of nitrogens with one attached hydrogen (secondary N) is 1. The standard InChI is InChI=1S/C32H31Cl2N3O4S/c1-42(40,41)36(21-24-11-5-2-6-12-24)23-30(38)37(22-25-13-7-3-8-14-25)31(26-15-9-4-10-16-26)32(39)35-20-27-17-18-28(33)19-29(27)34/h2-19,31H,20-23H2,1H3,(H,35,39)/t31-/m1/s1. The average molecular weight is 625 g/mol. The van der Waals surface area contributed by atoms with Crippen molar-refractivity contribution in [2.75, 3.05) is 12.8 Å². The highest BCUT2D eigenvalue weighted by molar-refractivity contribution is 7.88. The normalized spacial score (nSPS) is 12.1. The lowest BCUT2D eigenvalue weighted by Gasteiger charge is -2.33. The molecule has 0 aliphatic carbocycles. The van der Waals surface area contributed by atoms with Crippen LogP contribution in [0.2, 0.25) is 10.0 Å². The summed E-state index contributed by atoms with van der Waals surface area (Å²) >= 11 is 12.4. The van der Waals surface area contributed by atoms with Crippen LogP contribution in [0, 0.1) is 0 Å². The first-order chi connectivity index (χ1) is 20.1. The lowest BCUT2D eigenvalue weighted by Crippen LogP contribution is -2.47. The Morgan fingerprint density at radius 1 is 0.786 bits per heavy atom. The van der Waals surface area contributed by atoms with E-state index < -0.39 is 34.4 Å². The Labute approximate surface area is 256 Å². The van der Waals surface area contributed by atoms with Gasteiger partial charge in [-0.3, -0.25) is 9.59 Å². The number of hydrogen-bond acceptors (Lipinski definition) is 4. The summed E-state index contributed by atoms with van der Waals surface area (Å²) in [5, 5.41) is 3.79. The van der Waals surface area contributed by atoms with Gasteiger partial charge in [-0.1, -0.05) is 120 Å². The lowest BCUT2D eigenvalue weighted by molar-refractivity contribution is -0.141. The molecule has 42 heavy (non-hydrogen) atoms. The van der Waals surface area contributed by atoms with Crippen molar-refractivity contribution >= 4 is 45.0 Å². The van der Waals surface area contributed by atoms with Crippen molar-refractivity contribution in [1.29, 1.82) is 0 Å². The molecule has 0 aliphatic rings. The van der Waals surface area contributed by atoms with E-state index in [1.165, 1.54) is 4.90 Å². The second-order valence-corrected chi connectivity index (χ2v) is 12.6. The molecule has 4 aromatic rings. The molecule has 1 atom stereocenters. The van der Waals surface area contributed by atoms with E-state index in [1.807, 2.05) is 54.6 Å². The van der Waals surface area contributed by atoms with Crippen LogP contribution in [0.15, 0.2) is 109 Å². The number of carbonyl (C=O) groups excluding carboxylic acids is 2. The predicted octanol–water partition coefficient (Wildman–Crippen LogP) is 5.84. The zero-order valence-corrected chi connectivity index (χ0v) is 25.3. The molecule has 2 amide bonds. The van der Waals surface area contributed by atoms with Crippen LogP contribution in [0.25, 0.3) is 0 Å². The molecule has 0 radical (unpaired) electrons. The van der Waals surface area contributed by atoms with Gasteiger partial charge in [-0.25, -0.2) is 8.42 Å². The molecule has 0 unspecified atom stereocenters. The molecule has 10 heteroatoms. The van der Waals surface area contributed by atoms with Crippen molar-refractivity contribution in [2.24, 2.45) is 0 Å². The third kappa shape index (κ3) is 8.66. The number of carbonyl (C=O) groups is 2. The van der Waals surface area contributed by atoms with E-state index in [4.69, 9.17) is 23.2 Å². The largest absolute Gasteiger partial charge is 0.350 e. The molecule has 4 aromatic carbocycles. The summed E-state index contributed by atoms with van der Waals surface area (Å²) in [5.41, 5.74) is 2.76. The molecule has 0 saturated carbocycles. The maximum atomic E-state index is 14.1. The number of nitrogens with zero attached hydrogens (tertiary/aromatic N) is 2. The Kier molecular flexibility index (Phi) is 10.8. The molecule has 218 valence electrons. The van der Waals surface area contributed by atoms with Gasteiger partial charge in [0.05, 0.1) is 12.8 Å². The van der Waals surface area contributed by atoms with Gasteiger partial charge in [0, 0.05) is 29.7 Å². The van der Waals surface area contributed by atoms with Crippen LogP contribution in [0.4, 0.5) is 0 Å². The van der Waals surface area contributed by atoms with Crippen LogP contribution in [0.5, 0.6) is 0 Å². The second-order valence-electron chi connectivity index (χ2n) is 9.79. The Morgan fingerprint density at radius 2 is 1.33 bits per heavy atom. The van der Waals surface area contributed by atoms with E-state index in [0.717, 1.165) is 21.7 Å². The lowest BCUT2D eigenvalue weighted by atomic mass is 10.0. The molecule has 7 nitrogen and oxygen atoms in total. The topological polar surface area (TPSA) is 86.8 Å². The Hall–Kier alpha value is -3.69. The van der Waals surface area contributed by atoms with E-state index >= 15 is 0 Å². The highest BCUT2D eigenvalue weighted by atomic mass is 35.5. The molecule has 0 aromatic heterocycles. The molecular weight excluding hydrogens is 593 g/mol. The van der Waals surface area contributed by atoms with E-state index in [2.05, 4.69) is 5.32 Å². The smallest absolute Gasteiger partial charge is 0.247 e. The van der Waals surface area contributed by atoms with E-state index in [1.54, 1.807) is 54.6 Å². The number of rotatable bonds is 12. The Balaban J connectivity index is 1.69. The summed E-state index contributed by atoms with van der Waals surface area (Å²) in [5.74, 6) is -0.959. The fourth-order valence-corrected chi connectivity index (χ4v) is 5.68. The second kappa shape index (κ2) is 14.5. The maximum absolute atomic E-state index is 14.1. The molecule has 4 rings (SSSR count). The van der Waals surface area contributed by atoms with Crippen molar-refractivity contribution in [3.05, 3.63) is 141 Å². The third-order valence-corrected chi connectivity index (χ3v) is 8.43. The van der Waals surface area contributed by atoms with Gasteiger partial charge in [0.2, 0.25) is 21.8 Å². The van der Waals surface area contributed by atoms with Gasteiger partial charge in [0.15, 0.2) is 0 Å². The summed E-state index contributed by atoms with van der Waals surface area (Å²) in [7, 11) is -3.77. The SMILES string of the molecule is CS(=O)(=O)N(CC(=O)N(Cc1ccccc1)[C@@H](C(=O)NCc1ccc(Cl)cc1Cl)c1ccccc1)Cc1ccccc1. The van der Waals surface area contributed by atoms with Crippen molar-refractivity contribution in [2.45, 2.75) is 25.7 Å². The van der Waals surface area contributed by atoms with Crippen LogP contribution in [-0.2, 0) is 39.2 Å². The van der Waals surface area contributed by atoms with Gasteiger partial charge in [-0.05, 0) is 34.4 Å². The van der Waals surface area contributed by atoms with Gasteiger partial charge < -0.3 is 10.2 Å². The fraction of sp³-hybridized carbons (Fsp3) is 0.188. The molecule has 0 fully saturated rings. The minimum Gasteiger partial charge on any atom is -0.350 e. The molecule has 0 aliphatic heterocycles. The fourth-order valence-electron chi connectivity index (χ4n) is 4.47. The van der Waals surface area contributed by atoms with Gasteiger partial charge in [-0.15, -0.1) is 0 Å². The van der Waals surface area contributed by atoms with Crippen molar-refractivity contribution < 1.29 is 18.0 Å². The quantitative estimate of drug-likeness (QED) is 0.215. The monoisotopic (exact) mass is 623 g/mol. The van der Waals surface area contributed by atoms with Crippen molar-refractivity contribution in [1.82, 2.24) is 14.5 Å². The summed E-state index contributed by atoms with van der Waals surface area (Å²) in [6.45, 7) is -0.242. The molecule has 0 spiro atoms. The highest BCUT2D eigenvalue weighted by Crippen LogP contribution is 2.26. The number of amides is 2. The van der Waals surface area contributed by atoms with Gasteiger partial charge in [0.1, 0.15) is 6.04 Å². The highest BCUT2D eigenvalue weighted by Gasteiger charge is 2.33. The molecule has 0 heterocycles. The molecule has 0 bridgehead atoms. The van der Waals surface area contributed by atoms with E-state index in [0.29, 0.717) is 21.2 Å². The van der Waals surface area contributed by atoms with Crippen molar-refractivity contribution in [3.63, 3.8) is 0 Å². The molecular formula is C32H31Cl2N3O4S. The van der Waals surface area contributed by atoms with Crippen LogP contribution < -0.4 is 5.32 Å². The predicted molar refractivity (Wildman–Crippen MR) is 166 cm³/mol. The summed E-state index contributed by atoms with van der Waals surface area (Å²) < 4.78 is 26.7. The summed E-state index contributed by atoms with van der Waals surface area (Å²) in [4.78, 5) is 29.4. The third-order valence-electron chi connectivity index (χ3n) is 6.64. The number of hydrogen-bond donors (Lipinski definition) is 1. The first-order valence-corrected chi connectivity index (χ1v) is 15.8. The van der Waals surface area contributed by atoms with Gasteiger partial charge in [0.25, 0.3) is 0 Å². The van der Waals surface area contributed by atoms with Gasteiger partial charge in [-0.2, -0.15) is 4.31 Å². The van der Waals surface area contributed by atoms with E-state index in [-0.39, 0.29) is 19.6 Å². The first kappa shape index (κ1) is 31.3. The van der Waals surface area contributed by atoms with E-state index in [9.17, 15) is 18.0 Å². The number of sulfonamides is 1. The minimum absolute atomic E-state index is 0.0157. The van der Waals surface area contributed by atoms with Crippen LogP contribution in [0.3, 0.4) is 0 Å². The minimum atomic E-state index is -3.77. The van der Waals surface area contributed by atoms with Gasteiger partial charge >= 0.3 is 0 Å². The summed E-state index contributed by atoms with van der Waals surface area (Å²) in [6.07, 6.45) is 1.07. The van der Waals surface area contributed by atoms with Crippen LogP contribution in [0.1, 0.15) is 28.3 Å². The molecule has 1 N–H and O–H groups in total. The zero-order chi connectivity index (χ0) is 30.1. The Morgan fingerprint density at radius 3 is 1.88 bits per heavy atom. The summed E-state index contributed by atoms with van der Waals surface area (Å²) in [6, 6.07) is 31.2. The Bertz CT molecular complexity index is 1610. The zero-order valence-electron chi connectivity index (χ0n) is 23.0. The molecule has 0 saturated heterocycles. The van der Waals surface area contributed by atoms with Crippen molar-refractivity contribution in [3.8, 4) is 0 Å². The maximum Gasteiger partial charge on any atom is 0.247 e. The number of benzene rings is 4. The number of halogens is 2. The van der Waals surface area contributed by atoms with Crippen LogP contribution in [-0.4, -0.2) is 42.2 Å². The van der Waals surface area contributed by atoms with Crippen LogP contribution >= 0.6 is 23.2 Å². The average Bonchev–Trinajstić information content (AvgIpc) is 2.97. The first-order valence-electron chi connectivity index (χ1n) is 13.2.